The Balaban J connectivity index is 1.77. The van der Waals surface area contributed by atoms with Gasteiger partial charge in [0.15, 0.2) is 0 Å². The van der Waals surface area contributed by atoms with Crippen molar-refractivity contribution in [3.63, 3.8) is 0 Å². The predicted octanol–water partition coefficient (Wildman–Crippen LogP) is 2.05. The predicted molar refractivity (Wildman–Crippen MR) is 72.5 cm³/mol. The van der Waals surface area contributed by atoms with Gasteiger partial charge in [-0.05, 0) is 32.3 Å². The molecule has 0 aromatic heterocycles. The summed E-state index contributed by atoms with van der Waals surface area (Å²) >= 11 is 0. The van der Waals surface area contributed by atoms with Crippen LogP contribution in [0.4, 0.5) is 0 Å². The molecule has 1 fully saturated rings. The second-order valence-electron chi connectivity index (χ2n) is 5.27. The van der Waals surface area contributed by atoms with Crippen LogP contribution in [0.5, 0.6) is 0 Å². The van der Waals surface area contributed by atoms with E-state index in [1.807, 2.05) is 44.2 Å². The van der Waals surface area contributed by atoms with Gasteiger partial charge in [-0.15, -0.1) is 0 Å². The maximum Gasteiger partial charge on any atom is 0.0992 e. The lowest BCUT2D eigenvalue weighted by atomic mass is 9.88. The number of benzene rings is 1. The van der Waals surface area contributed by atoms with E-state index in [-0.39, 0.29) is 0 Å². The molecule has 0 saturated heterocycles. The van der Waals surface area contributed by atoms with Crippen molar-refractivity contribution in [1.82, 2.24) is 5.32 Å². The first-order valence-corrected chi connectivity index (χ1v) is 6.74. The third-order valence-electron chi connectivity index (χ3n) is 3.63. The van der Waals surface area contributed by atoms with Crippen molar-refractivity contribution in [1.29, 1.82) is 0 Å². The van der Waals surface area contributed by atoms with Gasteiger partial charge in [-0.1, -0.05) is 30.3 Å². The monoisotopic (exact) mass is 249 g/mol. The fraction of sp³-hybridized carbons (Fsp3) is 0.600. The number of aliphatic hydroxyl groups is 1. The van der Waals surface area contributed by atoms with E-state index in [0.717, 1.165) is 25.0 Å². The molecule has 1 aromatic rings. The van der Waals surface area contributed by atoms with Crippen molar-refractivity contribution in [2.45, 2.75) is 44.4 Å². The molecule has 100 valence electrons. The van der Waals surface area contributed by atoms with Crippen molar-refractivity contribution in [2.24, 2.45) is 0 Å². The van der Waals surface area contributed by atoms with Crippen LogP contribution in [0.2, 0.25) is 0 Å². The largest absolute Gasteiger partial charge is 0.384 e. The zero-order valence-corrected chi connectivity index (χ0v) is 11.2. The van der Waals surface area contributed by atoms with E-state index < -0.39 is 5.60 Å². The number of ether oxygens (including phenoxy) is 1. The molecular weight excluding hydrogens is 226 g/mol. The molecule has 0 bridgehead atoms. The van der Waals surface area contributed by atoms with Gasteiger partial charge in [0.25, 0.3) is 0 Å². The van der Waals surface area contributed by atoms with E-state index in [0.29, 0.717) is 18.7 Å². The molecule has 0 aliphatic heterocycles. The lowest BCUT2D eigenvalue weighted by molar-refractivity contribution is -0.0190. The zero-order valence-electron chi connectivity index (χ0n) is 11.2. The van der Waals surface area contributed by atoms with Crippen LogP contribution in [0.3, 0.4) is 0 Å². The highest BCUT2D eigenvalue weighted by Crippen LogP contribution is 2.25. The summed E-state index contributed by atoms with van der Waals surface area (Å²) < 4.78 is 5.52. The Morgan fingerprint density at radius 1 is 1.33 bits per heavy atom. The molecular formula is C15H23NO2. The first-order chi connectivity index (χ1) is 8.62. The third kappa shape index (κ3) is 3.31. The molecule has 0 spiro atoms. The van der Waals surface area contributed by atoms with Crippen LogP contribution >= 0.6 is 0 Å². The summed E-state index contributed by atoms with van der Waals surface area (Å²) in [6, 6.07) is 10.3. The number of hydrogen-bond acceptors (Lipinski definition) is 3. The highest BCUT2D eigenvalue weighted by Gasteiger charge is 2.31. The van der Waals surface area contributed by atoms with Gasteiger partial charge in [0.05, 0.1) is 11.7 Å². The van der Waals surface area contributed by atoms with E-state index in [1.165, 1.54) is 0 Å². The van der Waals surface area contributed by atoms with Gasteiger partial charge in [0, 0.05) is 19.2 Å². The van der Waals surface area contributed by atoms with E-state index in [9.17, 15) is 5.11 Å². The highest BCUT2D eigenvalue weighted by atomic mass is 16.5. The van der Waals surface area contributed by atoms with Crippen molar-refractivity contribution in [2.75, 3.05) is 13.2 Å². The Labute approximate surface area is 109 Å². The lowest BCUT2D eigenvalue weighted by Gasteiger charge is -2.37. The molecule has 1 saturated carbocycles. The molecule has 2 N–H and O–H groups in total. The maximum absolute atomic E-state index is 10.4. The molecule has 1 aliphatic carbocycles. The zero-order chi connectivity index (χ0) is 13.0. The molecule has 1 aliphatic rings. The van der Waals surface area contributed by atoms with Crippen molar-refractivity contribution in [3.8, 4) is 0 Å². The van der Waals surface area contributed by atoms with Gasteiger partial charge < -0.3 is 15.2 Å². The second-order valence-corrected chi connectivity index (χ2v) is 5.27. The minimum atomic E-state index is -0.808. The average molecular weight is 249 g/mol. The van der Waals surface area contributed by atoms with E-state index >= 15 is 0 Å². The molecule has 0 radical (unpaired) electrons. The summed E-state index contributed by atoms with van der Waals surface area (Å²) in [5.74, 6) is 0. The summed E-state index contributed by atoms with van der Waals surface area (Å²) in [6.45, 7) is 5.26. The smallest absolute Gasteiger partial charge is 0.0992 e. The SMILES string of the molecule is CCOC1CC(NCC(C)(O)c2ccccc2)C1. The van der Waals surface area contributed by atoms with Gasteiger partial charge >= 0.3 is 0 Å². The number of hydrogen-bond donors (Lipinski definition) is 2. The third-order valence-corrected chi connectivity index (χ3v) is 3.63. The van der Waals surface area contributed by atoms with Crippen LogP contribution in [0.1, 0.15) is 32.3 Å². The molecule has 0 heterocycles. The summed E-state index contributed by atoms with van der Waals surface area (Å²) in [5.41, 5.74) is 0.149. The maximum atomic E-state index is 10.4. The summed E-state index contributed by atoms with van der Waals surface area (Å²) in [5, 5.41) is 13.8. The van der Waals surface area contributed by atoms with Crippen LogP contribution in [-0.4, -0.2) is 30.4 Å². The van der Waals surface area contributed by atoms with Crippen LogP contribution in [-0.2, 0) is 10.3 Å². The minimum Gasteiger partial charge on any atom is -0.384 e. The first kappa shape index (κ1) is 13.5. The molecule has 1 unspecified atom stereocenters. The molecule has 2 rings (SSSR count). The van der Waals surface area contributed by atoms with Gasteiger partial charge in [-0.2, -0.15) is 0 Å². The minimum absolute atomic E-state index is 0.411. The summed E-state index contributed by atoms with van der Waals surface area (Å²) in [6.07, 6.45) is 2.52. The van der Waals surface area contributed by atoms with Crippen LogP contribution in [0.25, 0.3) is 0 Å². The van der Waals surface area contributed by atoms with E-state index in [4.69, 9.17) is 4.74 Å². The Morgan fingerprint density at radius 2 is 2.00 bits per heavy atom. The highest BCUT2D eigenvalue weighted by molar-refractivity contribution is 5.21. The Bertz CT molecular complexity index is 358. The van der Waals surface area contributed by atoms with Gasteiger partial charge in [0.1, 0.15) is 0 Å². The lowest BCUT2D eigenvalue weighted by Crippen LogP contribution is -2.49. The van der Waals surface area contributed by atoms with Crippen LogP contribution < -0.4 is 5.32 Å². The second kappa shape index (κ2) is 5.83. The summed E-state index contributed by atoms with van der Waals surface area (Å²) in [7, 11) is 0. The van der Waals surface area contributed by atoms with Crippen molar-refractivity contribution < 1.29 is 9.84 Å². The van der Waals surface area contributed by atoms with Crippen molar-refractivity contribution in [3.05, 3.63) is 35.9 Å². The Morgan fingerprint density at radius 3 is 2.61 bits per heavy atom. The van der Waals surface area contributed by atoms with Crippen LogP contribution in [0.15, 0.2) is 30.3 Å². The van der Waals surface area contributed by atoms with Crippen molar-refractivity contribution >= 4 is 0 Å². The Kier molecular flexibility index (Phi) is 4.38. The number of rotatable bonds is 6. The summed E-state index contributed by atoms with van der Waals surface area (Å²) in [4.78, 5) is 0. The fourth-order valence-electron chi connectivity index (χ4n) is 2.35. The van der Waals surface area contributed by atoms with E-state index in [1.54, 1.807) is 0 Å². The molecule has 1 aromatic carbocycles. The number of nitrogens with one attached hydrogen (secondary N) is 1. The normalized spacial score (nSPS) is 26.4. The molecule has 1 atom stereocenters. The Hall–Kier alpha value is -0.900. The quantitative estimate of drug-likeness (QED) is 0.811. The molecule has 3 heteroatoms. The molecule has 0 amide bonds. The molecule has 18 heavy (non-hydrogen) atoms. The fourth-order valence-corrected chi connectivity index (χ4v) is 2.35. The first-order valence-electron chi connectivity index (χ1n) is 6.74. The molecule has 3 nitrogen and oxygen atoms in total. The van der Waals surface area contributed by atoms with E-state index in [2.05, 4.69) is 5.32 Å². The van der Waals surface area contributed by atoms with Gasteiger partial charge in [-0.3, -0.25) is 0 Å². The van der Waals surface area contributed by atoms with Gasteiger partial charge in [0.2, 0.25) is 0 Å². The van der Waals surface area contributed by atoms with Gasteiger partial charge in [-0.25, -0.2) is 0 Å². The standard InChI is InChI=1S/C15H23NO2/c1-3-18-14-9-13(10-14)16-11-15(2,17)12-7-5-4-6-8-12/h4-8,13-14,16-17H,3,9-11H2,1-2H3. The van der Waals surface area contributed by atoms with Crippen LogP contribution in [0, 0.1) is 0 Å². The average Bonchev–Trinajstić information content (AvgIpc) is 2.33. The topological polar surface area (TPSA) is 41.5 Å².